The first-order valence-corrected chi connectivity index (χ1v) is 6.45. The summed E-state index contributed by atoms with van der Waals surface area (Å²) in [5.41, 5.74) is 1.44. The lowest BCUT2D eigenvalue weighted by molar-refractivity contribution is 0.283. The van der Waals surface area contributed by atoms with E-state index in [4.69, 9.17) is 4.55 Å². The van der Waals surface area contributed by atoms with Crippen molar-refractivity contribution in [2.75, 3.05) is 19.7 Å². The van der Waals surface area contributed by atoms with Gasteiger partial charge in [-0.15, -0.1) is 0 Å². The predicted octanol–water partition coefficient (Wildman–Crippen LogP) is 1.61. The van der Waals surface area contributed by atoms with E-state index in [1.165, 1.54) is 12.5 Å². The normalized spacial score (nSPS) is 15.2. The Kier molecular flexibility index (Phi) is 7.03. The average Bonchev–Trinajstić information content (AvgIpc) is 2.17. The smallest absolute Gasteiger partial charge is 0.374 e. The molecule has 0 saturated carbocycles. The molecular formula is C10H19NO4S. The molecule has 0 saturated heterocycles. The van der Waals surface area contributed by atoms with Crippen molar-refractivity contribution in [3.63, 3.8) is 0 Å². The fourth-order valence-corrected chi connectivity index (χ4v) is 1.42. The Morgan fingerprint density at radius 2 is 2.12 bits per heavy atom. The number of likely N-dealkylation sites (N-methyl/N-ethyl adjacent to an activating group) is 1. The van der Waals surface area contributed by atoms with E-state index in [1.54, 1.807) is 0 Å². The van der Waals surface area contributed by atoms with Crippen LogP contribution in [-0.4, -0.2) is 37.6 Å². The van der Waals surface area contributed by atoms with Crippen molar-refractivity contribution in [1.29, 1.82) is 0 Å². The highest BCUT2D eigenvalue weighted by atomic mass is 32.3. The van der Waals surface area contributed by atoms with E-state index in [1.807, 2.05) is 0 Å². The average molecular weight is 249 g/mol. The van der Waals surface area contributed by atoms with Gasteiger partial charge in [-0.05, 0) is 33.0 Å². The predicted molar refractivity (Wildman–Crippen MR) is 63.3 cm³/mol. The van der Waals surface area contributed by atoms with Gasteiger partial charge in [0.15, 0.2) is 0 Å². The van der Waals surface area contributed by atoms with Gasteiger partial charge in [0.25, 0.3) is 0 Å². The first-order chi connectivity index (χ1) is 7.39. The van der Waals surface area contributed by atoms with Crippen LogP contribution in [0.5, 0.6) is 0 Å². The van der Waals surface area contributed by atoms with Crippen molar-refractivity contribution in [3.05, 3.63) is 23.9 Å². The summed E-state index contributed by atoms with van der Waals surface area (Å²) in [6.45, 7) is 7.98. The number of hydrogen-bond donors (Lipinski definition) is 1. The van der Waals surface area contributed by atoms with Crippen molar-refractivity contribution in [2.45, 2.75) is 20.8 Å². The van der Waals surface area contributed by atoms with Crippen LogP contribution < -0.4 is 0 Å². The van der Waals surface area contributed by atoms with Gasteiger partial charge in [-0.3, -0.25) is 4.55 Å². The Labute approximate surface area is 97.4 Å². The van der Waals surface area contributed by atoms with E-state index in [9.17, 15) is 8.42 Å². The highest BCUT2D eigenvalue weighted by molar-refractivity contribution is 7.80. The molecule has 0 bridgehead atoms. The van der Waals surface area contributed by atoms with Gasteiger partial charge in [0.1, 0.15) is 0 Å². The Balaban J connectivity index is 0.000000293. The molecule has 0 aromatic rings. The van der Waals surface area contributed by atoms with Crippen LogP contribution in [0.4, 0.5) is 0 Å². The standard InChI is InChI=1S/C8H13N.C2H6O4S/c1-3-9-6-4-5-8(2)7-9;1-2-6-7(3,4)5/h4-6H,3,7H2,1-2H3;2H2,1H3,(H,3,4,5). The van der Waals surface area contributed by atoms with Crippen molar-refractivity contribution in [1.82, 2.24) is 4.90 Å². The molecule has 0 amide bonds. The van der Waals surface area contributed by atoms with Crippen LogP contribution in [0.25, 0.3) is 0 Å². The molecule has 0 unspecified atom stereocenters. The van der Waals surface area contributed by atoms with Gasteiger partial charge in [0, 0.05) is 13.1 Å². The third kappa shape index (κ3) is 8.46. The molecule has 6 heteroatoms. The van der Waals surface area contributed by atoms with Crippen molar-refractivity contribution in [2.24, 2.45) is 0 Å². The Hall–Kier alpha value is -0.850. The van der Waals surface area contributed by atoms with Gasteiger partial charge in [-0.2, -0.15) is 8.42 Å². The maximum absolute atomic E-state index is 9.56. The fraction of sp³-hybridized carbons (Fsp3) is 0.600. The number of hydrogen-bond acceptors (Lipinski definition) is 4. The zero-order valence-electron chi connectivity index (χ0n) is 9.88. The van der Waals surface area contributed by atoms with Crippen LogP contribution in [0.2, 0.25) is 0 Å². The first kappa shape index (κ1) is 15.2. The molecule has 0 atom stereocenters. The molecule has 5 nitrogen and oxygen atoms in total. The second-order valence-electron chi connectivity index (χ2n) is 3.25. The zero-order chi connectivity index (χ0) is 12.6. The van der Waals surface area contributed by atoms with Crippen LogP contribution in [-0.2, 0) is 14.6 Å². The summed E-state index contributed by atoms with van der Waals surface area (Å²) in [6, 6.07) is 0. The van der Waals surface area contributed by atoms with Crippen LogP contribution in [0.1, 0.15) is 20.8 Å². The lowest BCUT2D eigenvalue weighted by atomic mass is 10.2. The van der Waals surface area contributed by atoms with E-state index in [0.29, 0.717) is 0 Å². The number of rotatable bonds is 3. The van der Waals surface area contributed by atoms with E-state index in [0.717, 1.165) is 13.1 Å². The maximum Gasteiger partial charge on any atom is 0.397 e. The monoisotopic (exact) mass is 249 g/mol. The lowest BCUT2D eigenvalue weighted by Crippen LogP contribution is -2.20. The Bertz CT molecular complexity index is 346. The minimum absolute atomic E-state index is 0.0289. The van der Waals surface area contributed by atoms with E-state index < -0.39 is 10.4 Å². The van der Waals surface area contributed by atoms with Crippen LogP contribution in [0.15, 0.2) is 23.9 Å². The third-order valence-electron chi connectivity index (χ3n) is 1.80. The molecule has 0 spiro atoms. The summed E-state index contributed by atoms with van der Waals surface area (Å²) < 4.78 is 30.7. The zero-order valence-corrected chi connectivity index (χ0v) is 10.7. The van der Waals surface area contributed by atoms with Gasteiger partial charge in [0.2, 0.25) is 0 Å². The van der Waals surface area contributed by atoms with E-state index >= 15 is 0 Å². The minimum atomic E-state index is -4.17. The SMILES string of the molecule is CCN1C=CC=C(C)C1.CCOS(=O)(=O)O. The lowest BCUT2D eigenvalue weighted by Gasteiger charge is -2.20. The molecule has 1 aliphatic rings. The van der Waals surface area contributed by atoms with Gasteiger partial charge in [-0.1, -0.05) is 11.6 Å². The highest BCUT2D eigenvalue weighted by Crippen LogP contribution is 2.04. The Morgan fingerprint density at radius 1 is 1.50 bits per heavy atom. The van der Waals surface area contributed by atoms with Crippen LogP contribution >= 0.6 is 0 Å². The van der Waals surface area contributed by atoms with Crippen molar-refractivity contribution in [3.8, 4) is 0 Å². The number of allylic oxidation sites excluding steroid dienone is 2. The molecule has 0 radical (unpaired) electrons. The molecule has 94 valence electrons. The topological polar surface area (TPSA) is 66.8 Å². The second-order valence-corrected chi connectivity index (χ2v) is 4.34. The summed E-state index contributed by atoms with van der Waals surface area (Å²) >= 11 is 0. The van der Waals surface area contributed by atoms with E-state index in [-0.39, 0.29) is 6.61 Å². The number of nitrogens with zero attached hydrogens (tertiary/aromatic N) is 1. The molecule has 1 aliphatic heterocycles. The van der Waals surface area contributed by atoms with Crippen molar-refractivity contribution < 1.29 is 17.2 Å². The molecule has 0 aromatic heterocycles. The summed E-state index contributed by atoms with van der Waals surface area (Å²) in [7, 11) is -4.17. The largest absolute Gasteiger partial charge is 0.397 e. The fourth-order valence-electron chi connectivity index (χ4n) is 1.12. The molecule has 0 aliphatic carbocycles. The molecule has 0 fully saturated rings. The third-order valence-corrected chi connectivity index (χ3v) is 2.34. The Morgan fingerprint density at radius 3 is 2.38 bits per heavy atom. The quantitative estimate of drug-likeness (QED) is 0.770. The molecule has 1 rings (SSSR count). The van der Waals surface area contributed by atoms with Gasteiger partial charge in [-0.25, -0.2) is 4.18 Å². The van der Waals surface area contributed by atoms with Gasteiger partial charge >= 0.3 is 10.4 Å². The molecule has 0 aromatic carbocycles. The maximum atomic E-state index is 9.56. The summed E-state index contributed by atoms with van der Waals surface area (Å²) in [5, 5.41) is 0. The van der Waals surface area contributed by atoms with E-state index in [2.05, 4.69) is 41.3 Å². The van der Waals surface area contributed by atoms with Gasteiger partial charge < -0.3 is 4.90 Å². The highest BCUT2D eigenvalue weighted by Gasteiger charge is 1.99. The van der Waals surface area contributed by atoms with Crippen LogP contribution in [0, 0.1) is 0 Å². The molecule has 1 heterocycles. The van der Waals surface area contributed by atoms with Crippen molar-refractivity contribution >= 4 is 10.4 Å². The van der Waals surface area contributed by atoms with Gasteiger partial charge in [0.05, 0.1) is 6.61 Å². The molecule has 16 heavy (non-hydrogen) atoms. The van der Waals surface area contributed by atoms with Crippen LogP contribution in [0.3, 0.4) is 0 Å². The summed E-state index contributed by atoms with van der Waals surface area (Å²) in [4.78, 5) is 2.29. The minimum Gasteiger partial charge on any atom is -0.374 e. The molecule has 1 N–H and O–H groups in total. The first-order valence-electron chi connectivity index (χ1n) is 5.09. The second kappa shape index (κ2) is 7.43. The summed E-state index contributed by atoms with van der Waals surface area (Å²) in [5.74, 6) is 0. The summed E-state index contributed by atoms with van der Waals surface area (Å²) in [6.07, 6.45) is 6.39. The molecular weight excluding hydrogens is 230 g/mol.